The van der Waals surface area contributed by atoms with E-state index < -0.39 is 10.0 Å². The molecular weight excluding hydrogens is 238 g/mol. The second-order valence-electron chi connectivity index (χ2n) is 3.13. The van der Waals surface area contributed by atoms with Gasteiger partial charge in [-0.15, -0.1) is 0 Å². The Hall–Kier alpha value is -0.780. The molecule has 2 N–H and O–H groups in total. The number of sulfonamides is 1. The fourth-order valence-corrected chi connectivity index (χ4v) is 1.42. The summed E-state index contributed by atoms with van der Waals surface area (Å²) in [5.74, 6) is 0.384. The minimum atomic E-state index is -3.46. The first kappa shape index (κ1) is 12.3. The van der Waals surface area contributed by atoms with E-state index in [-0.39, 0.29) is 12.4 Å². The molecular formula is C9H12ClNO3S. The molecule has 0 aliphatic heterocycles. The molecule has 1 rings (SSSR count). The molecule has 4 nitrogen and oxygen atoms in total. The van der Waals surface area contributed by atoms with E-state index in [4.69, 9.17) is 21.5 Å². The normalized spacial score (nSPS) is 11.4. The largest absolute Gasteiger partial charge is 0.492 e. The number of nitrogens with two attached hydrogens (primary N) is 1. The van der Waals surface area contributed by atoms with Crippen molar-refractivity contribution < 1.29 is 13.2 Å². The molecule has 0 saturated heterocycles. The highest BCUT2D eigenvalue weighted by Gasteiger charge is 2.03. The van der Waals surface area contributed by atoms with Crippen molar-refractivity contribution in [3.05, 3.63) is 28.8 Å². The van der Waals surface area contributed by atoms with Crippen molar-refractivity contribution in [3.63, 3.8) is 0 Å². The number of hydrogen-bond donors (Lipinski definition) is 1. The molecule has 0 radical (unpaired) electrons. The number of hydrogen-bond acceptors (Lipinski definition) is 3. The SMILES string of the molecule is Cc1cc(OCCS(N)(=O)=O)ccc1Cl. The van der Waals surface area contributed by atoms with Crippen molar-refractivity contribution in [2.75, 3.05) is 12.4 Å². The summed E-state index contributed by atoms with van der Waals surface area (Å²) in [6.45, 7) is 1.88. The van der Waals surface area contributed by atoms with Gasteiger partial charge in [0.1, 0.15) is 12.4 Å². The van der Waals surface area contributed by atoms with Crippen LogP contribution in [-0.2, 0) is 10.0 Å². The van der Waals surface area contributed by atoms with Gasteiger partial charge < -0.3 is 4.74 Å². The summed E-state index contributed by atoms with van der Waals surface area (Å²) in [4.78, 5) is 0. The Labute approximate surface area is 94.0 Å². The quantitative estimate of drug-likeness (QED) is 0.875. The Morgan fingerprint density at radius 2 is 2.13 bits per heavy atom. The summed E-state index contributed by atoms with van der Waals surface area (Å²) >= 11 is 5.82. The molecule has 15 heavy (non-hydrogen) atoms. The zero-order valence-electron chi connectivity index (χ0n) is 8.23. The molecule has 1 aromatic carbocycles. The number of halogens is 1. The van der Waals surface area contributed by atoms with Gasteiger partial charge in [-0.25, -0.2) is 13.6 Å². The van der Waals surface area contributed by atoms with E-state index in [1.807, 2.05) is 6.92 Å². The fraction of sp³-hybridized carbons (Fsp3) is 0.333. The highest BCUT2D eigenvalue weighted by molar-refractivity contribution is 7.89. The third kappa shape index (κ3) is 4.51. The number of primary sulfonamides is 1. The molecule has 0 spiro atoms. The molecule has 1 aromatic rings. The van der Waals surface area contributed by atoms with Crippen LogP contribution in [0.3, 0.4) is 0 Å². The molecule has 0 bridgehead atoms. The summed E-state index contributed by atoms with van der Waals surface area (Å²) in [6, 6.07) is 5.12. The van der Waals surface area contributed by atoms with E-state index in [1.165, 1.54) is 0 Å². The predicted molar refractivity (Wildman–Crippen MR) is 59.7 cm³/mol. The summed E-state index contributed by atoms with van der Waals surface area (Å²) in [5, 5.41) is 5.47. The second kappa shape index (κ2) is 4.83. The number of benzene rings is 1. The molecule has 0 amide bonds. The Balaban J connectivity index is 2.55. The van der Waals surface area contributed by atoms with Crippen molar-refractivity contribution >= 4 is 21.6 Å². The molecule has 0 heterocycles. The average molecular weight is 250 g/mol. The van der Waals surface area contributed by atoms with E-state index >= 15 is 0 Å². The number of rotatable bonds is 4. The van der Waals surface area contributed by atoms with Crippen LogP contribution in [0.1, 0.15) is 5.56 Å². The fourth-order valence-electron chi connectivity index (χ4n) is 0.983. The van der Waals surface area contributed by atoms with Gasteiger partial charge in [-0.05, 0) is 30.7 Å². The van der Waals surface area contributed by atoms with E-state index in [1.54, 1.807) is 18.2 Å². The first-order valence-electron chi connectivity index (χ1n) is 4.28. The maximum atomic E-state index is 10.6. The minimum absolute atomic E-state index is 0.0416. The lowest BCUT2D eigenvalue weighted by Crippen LogP contribution is -2.21. The van der Waals surface area contributed by atoms with Crippen molar-refractivity contribution in [2.45, 2.75) is 6.92 Å². The lowest BCUT2D eigenvalue weighted by Gasteiger charge is -2.06. The molecule has 84 valence electrons. The summed E-state index contributed by atoms with van der Waals surface area (Å²) in [7, 11) is -3.46. The van der Waals surface area contributed by atoms with Gasteiger partial charge in [0.25, 0.3) is 0 Å². The Bertz CT molecular complexity index is 445. The third-order valence-electron chi connectivity index (χ3n) is 1.77. The first-order valence-corrected chi connectivity index (χ1v) is 6.37. The molecule has 0 unspecified atom stereocenters. The molecule has 0 aliphatic carbocycles. The maximum Gasteiger partial charge on any atom is 0.212 e. The number of ether oxygens (including phenoxy) is 1. The monoisotopic (exact) mass is 249 g/mol. The Morgan fingerprint density at radius 1 is 1.47 bits per heavy atom. The van der Waals surface area contributed by atoms with Crippen LogP contribution in [0.15, 0.2) is 18.2 Å². The van der Waals surface area contributed by atoms with Crippen LogP contribution in [0, 0.1) is 6.92 Å². The van der Waals surface area contributed by atoms with E-state index in [9.17, 15) is 8.42 Å². The van der Waals surface area contributed by atoms with Crippen LogP contribution in [0.2, 0.25) is 5.02 Å². The van der Waals surface area contributed by atoms with Gasteiger partial charge in [0.15, 0.2) is 0 Å². The van der Waals surface area contributed by atoms with Crippen LogP contribution >= 0.6 is 11.6 Å². The zero-order valence-corrected chi connectivity index (χ0v) is 9.81. The predicted octanol–water partition coefficient (Wildman–Crippen LogP) is 1.32. The average Bonchev–Trinajstić information content (AvgIpc) is 2.09. The van der Waals surface area contributed by atoms with Crippen LogP contribution in [0.25, 0.3) is 0 Å². The van der Waals surface area contributed by atoms with Crippen LogP contribution in [0.4, 0.5) is 0 Å². The van der Waals surface area contributed by atoms with Gasteiger partial charge in [-0.1, -0.05) is 11.6 Å². The molecule has 0 aliphatic rings. The minimum Gasteiger partial charge on any atom is -0.492 e. The van der Waals surface area contributed by atoms with Crippen molar-refractivity contribution in [3.8, 4) is 5.75 Å². The van der Waals surface area contributed by atoms with Crippen molar-refractivity contribution in [1.29, 1.82) is 0 Å². The highest BCUT2D eigenvalue weighted by Crippen LogP contribution is 2.20. The van der Waals surface area contributed by atoms with Gasteiger partial charge in [-0.3, -0.25) is 0 Å². The smallest absolute Gasteiger partial charge is 0.212 e. The molecule has 0 aromatic heterocycles. The topological polar surface area (TPSA) is 69.4 Å². The van der Waals surface area contributed by atoms with Gasteiger partial charge in [0.05, 0.1) is 5.75 Å². The Morgan fingerprint density at radius 3 is 2.67 bits per heavy atom. The molecule has 6 heteroatoms. The maximum absolute atomic E-state index is 10.6. The highest BCUT2D eigenvalue weighted by atomic mass is 35.5. The summed E-state index contributed by atoms with van der Waals surface area (Å²) < 4.78 is 26.4. The first-order chi connectivity index (χ1) is 6.88. The third-order valence-corrected chi connectivity index (χ3v) is 2.93. The summed E-state index contributed by atoms with van der Waals surface area (Å²) in [6.07, 6.45) is 0. The lowest BCUT2D eigenvalue weighted by molar-refractivity contribution is 0.340. The Kier molecular flexibility index (Phi) is 3.96. The van der Waals surface area contributed by atoms with Crippen LogP contribution in [-0.4, -0.2) is 20.8 Å². The van der Waals surface area contributed by atoms with Crippen LogP contribution < -0.4 is 9.88 Å². The van der Waals surface area contributed by atoms with Crippen LogP contribution in [0.5, 0.6) is 5.75 Å². The second-order valence-corrected chi connectivity index (χ2v) is 5.27. The summed E-state index contributed by atoms with van der Waals surface area (Å²) in [5.41, 5.74) is 0.879. The number of aryl methyl sites for hydroxylation is 1. The molecule has 0 saturated carbocycles. The lowest BCUT2D eigenvalue weighted by atomic mass is 10.2. The van der Waals surface area contributed by atoms with Gasteiger partial charge in [0.2, 0.25) is 10.0 Å². The van der Waals surface area contributed by atoms with Gasteiger partial charge in [-0.2, -0.15) is 0 Å². The molecule has 0 fully saturated rings. The molecule has 0 atom stereocenters. The van der Waals surface area contributed by atoms with Gasteiger partial charge in [0, 0.05) is 5.02 Å². The van der Waals surface area contributed by atoms with E-state index in [0.29, 0.717) is 10.8 Å². The van der Waals surface area contributed by atoms with E-state index in [0.717, 1.165) is 5.56 Å². The van der Waals surface area contributed by atoms with Gasteiger partial charge >= 0.3 is 0 Å². The zero-order chi connectivity index (χ0) is 11.5. The van der Waals surface area contributed by atoms with E-state index in [2.05, 4.69) is 0 Å². The van der Waals surface area contributed by atoms with Crippen molar-refractivity contribution in [2.24, 2.45) is 5.14 Å². The van der Waals surface area contributed by atoms with Crippen molar-refractivity contribution in [1.82, 2.24) is 0 Å². The standard InChI is InChI=1S/C9H12ClNO3S/c1-7-6-8(2-3-9(7)10)14-4-5-15(11,12)13/h2-3,6H,4-5H2,1H3,(H2,11,12,13).